The highest BCUT2D eigenvalue weighted by atomic mass is 32.2. The van der Waals surface area contributed by atoms with E-state index in [9.17, 15) is 28.4 Å². The quantitative estimate of drug-likeness (QED) is 0.0681. The number of aliphatic hydroxyl groups is 1. The van der Waals surface area contributed by atoms with Gasteiger partial charge in [-0.2, -0.15) is 4.98 Å². The minimum atomic E-state index is -4.63. The first kappa shape index (κ1) is 49.4. The normalized spacial score (nSPS) is 27.2. The molecule has 1 spiro atoms. The monoisotopic (exact) mass is 1020 g/mol. The van der Waals surface area contributed by atoms with Crippen LogP contribution >= 0.6 is 0 Å². The number of hydrogen-bond acceptors (Lipinski definition) is 14. The van der Waals surface area contributed by atoms with E-state index in [0.29, 0.717) is 86.4 Å². The van der Waals surface area contributed by atoms with E-state index in [-0.39, 0.29) is 34.7 Å². The number of aromatic amines is 1. The van der Waals surface area contributed by atoms with Crippen LogP contribution in [0.4, 0.5) is 28.4 Å². The first-order valence-corrected chi connectivity index (χ1v) is 27.7. The Labute approximate surface area is 427 Å². The fourth-order valence-electron chi connectivity index (χ4n) is 13.0. The first-order chi connectivity index (χ1) is 35.1. The molecule has 0 radical (unpaired) electrons. The maximum Gasteiger partial charge on any atom is 0.293 e. The lowest BCUT2D eigenvalue weighted by Crippen LogP contribution is -2.63. The van der Waals surface area contributed by atoms with Crippen molar-refractivity contribution in [2.24, 2.45) is 17.3 Å². The molecular weight excluding hydrogens is 949 g/mol. The van der Waals surface area contributed by atoms with Crippen LogP contribution in [-0.2, 0) is 19.5 Å². The van der Waals surface area contributed by atoms with E-state index >= 15 is 0 Å². The number of pyridine rings is 1. The van der Waals surface area contributed by atoms with E-state index in [4.69, 9.17) is 19.2 Å². The van der Waals surface area contributed by atoms with Crippen LogP contribution in [0.3, 0.4) is 0 Å². The van der Waals surface area contributed by atoms with E-state index in [2.05, 4.69) is 74.8 Å². The summed E-state index contributed by atoms with van der Waals surface area (Å²) in [6, 6.07) is 22.4. The molecule has 2 saturated carbocycles. The Hall–Kier alpha value is -5.79. The largest absolute Gasteiger partial charge is 0.468 e. The van der Waals surface area contributed by atoms with Crippen LogP contribution in [0.1, 0.15) is 113 Å². The molecule has 2 aromatic heterocycles. The third kappa shape index (κ3) is 9.42. The summed E-state index contributed by atoms with van der Waals surface area (Å²) >= 11 is 0. The van der Waals surface area contributed by atoms with Crippen LogP contribution in [-0.4, -0.2) is 116 Å². The van der Waals surface area contributed by atoms with Gasteiger partial charge < -0.3 is 39.4 Å². The van der Waals surface area contributed by atoms with Gasteiger partial charge in [0.1, 0.15) is 23.1 Å². The highest BCUT2D eigenvalue weighted by Gasteiger charge is 2.55. The number of sulfonamides is 1. The molecule has 5 fully saturated rings. The minimum Gasteiger partial charge on any atom is -0.468 e. The number of morpholine rings is 1. The molecule has 17 nitrogen and oxygen atoms in total. The smallest absolute Gasteiger partial charge is 0.293 e. The topological polar surface area (TPSA) is 205 Å². The van der Waals surface area contributed by atoms with Crippen LogP contribution in [0.25, 0.3) is 11.0 Å². The Morgan fingerprint density at radius 2 is 1.73 bits per heavy atom. The molecule has 3 saturated heterocycles. The molecule has 11 rings (SSSR count). The number of nitrogens with zero attached hydrogens (tertiary/aromatic N) is 5. The highest BCUT2D eigenvalue weighted by molar-refractivity contribution is 7.90. The van der Waals surface area contributed by atoms with E-state index in [0.717, 1.165) is 75.5 Å². The molecule has 388 valence electrons. The molecule has 1 amide bonds. The summed E-state index contributed by atoms with van der Waals surface area (Å²) in [5.74, 6) is 0.599. The third-order valence-electron chi connectivity index (χ3n) is 17.4. The summed E-state index contributed by atoms with van der Waals surface area (Å²) in [7, 11) is -4.63. The van der Waals surface area contributed by atoms with Crippen molar-refractivity contribution >= 4 is 55.4 Å². The van der Waals surface area contributed by atoms with Crippen molar-refractivity contribution in [3.8, 4) is 5.88 Å². The molecule has 73 heavy (non-hydrogen) atoms. The van der Waals surface area contributed by atoms with Crippen LogP contribution in [0.15, 0.2) is 83.9 Å². The van der Waals surface area contributed by atoms with Crippen LogP contribution in [0.2, 0.25) is 0 Å². The van der Waals surface area contributed by atoms with Crippen LogP contribution in [0.5, 0.6) is 5.88 Å². The maximum absolute atomic E-state index is 14.7. The second kappa shape index (κ2) is 19.5. The van der Waals surface area contributed by atoms with E-state index in [1.54, 1.807) is 6.07 Å². The highest BCUT2D eigenvalue weighted by Crippen LogP contribution is 2.57. The lowest BCUT2D eigenvalue weighted by Gasteiger charge is -2.62. The number of carbonyl (C=O) groups is 1. The number of nitro benzene ring substituents is 1. The van der Waals surface area contributed by atoms with Gasteiger partial charge in [-0.3, -0.25) is 19.8 Å². The molecule has 6 aliphatic rings. The number of ether oxygens (including phenoxy) is 3. The maximum atomic E-state index is 14.7. The predicted molar refractivity (Wildman–Crippen MR) is 279 cm³/mol. The van der Waals surface area contributed by atoms with Gasteiger partial charge in [-0.05, 0) is 135 Å². The number of nitro groups is 1. The average Bonchev–Trinajstić information content (AvgIpc) is 3.85. The lowest BCUT2D eigenvalue weighted by molar-refractivity contribution is -0.384. The Kier molecular flexibility index (Phi) is 13.2. The number of aromatic nitrogens is 2. The van der Waals surface area contributed by atoms with E-state index in [1.807, 2.05) is 37.4 Å². The number of nitrogens with one attached hydrogen (secondary N) is 3. The Bertz CT molecular complexity index is 3000. The van der Waals surface area contributed by atoms with Gasteiger partial charge in [0.05, 0.1) is 58.6 Å². The molecule has 0 bridgehead atoms. The third-order valence-corrected chi connectivity index (χ3v) is 18.7. The summed E-state index contributed by atoms with van der Waals surface area (Å²) in [6.07, 6.45) is 7.90. The summed E-state index contributed by atoms with van der Waals surface area (Å²) in [4.78, 5) is 41.3. The zero-order valence-electron chi connectivity index (χ0n) is 42.2. The SMILES string of the molecule is CC(C)c1ccccc1[C@@H]1COCCN1[C@@H]1CC2(CCN(c3ccc(C(=O)NS(=O)(=O)c4ccc(NC[C@H]5CC[C@](C)(O)CC5)c([N+](=O)[O-])c4)c(N4c5cc6cc[nH]c6nc5O[C@H]5COCC[C@@H]54)c3)CC2)[C@H]1C. The molecule has 4 N–H and O–H groups in total. The van der Waals surface area contributed by atoms with Gasteiger partial charge in [0, 0.05) is 62.2 Å². The van der Waals surface area contributed by atoms with Gasteiger partial charge in [0.15, 0.2) is 0 Å². The molecule has 5 aromatic rings. The Morgan fingerprint density at radius 3 is 2.49 bits per heavy atom. The second-order valence-electron chi connectivity index (χ2n) is 22.1. The van der Waals surface area contributed by atoms with Crippen LogP contribution < -0.4 is 24.6 Å². The molecule has 18 heteroatoms. The summed E-state index contributed by atoms with van der Waals surface area (Å²) in [5, 5.41) is 26.8. The van der Waals surface area contributed by atoms with Crippen molar-refractivity contribution in [1.82, 2.24) is 19.6 Å². The molecule has 0 unspecified atom stereocenters. The molecule has 5 atom stereocenters. The van der Waals surface area contributed by atoms with Crippen molar-refractivity contribution in [2.75, 3.05) is 67.7 Å². The number of carbonyl (C=O) groups excluding carboxylic acids is 1. The number of H-pyrrole nitrogens is 1. The summed E-state index contributed by atoms with van der Waals surface area (Å²) in [5.41, 5.74) is 4.81. The fraction of sp³-hybridized carbons (Fsp3) is 0.527. The molecule has 2 aliphatic carbocycles. The van der Waals surface area contributed by atoms with Crippen LogP contribution in [0, 0.1) is 27.4 Å². The van der Waals surface area contributed by atoms with Crippen molar-refractivity contribution in [1.29, 1.82) is 0 Å². The number of hydrogen-bond donors (Lipinski definition) is 4. The molecule has 4 aliphatic heterocycles. The zero-order chi connectivity index (χ0) is 50.8. The standard InChI is InChI=1S/C55H68N8O9S/c1-34(2)40-7-5-6-8-41(40)49-32-71-26-24-61(49)48-30-55(35(48)3)19-22-60(23-20-55)38-9-11-42(45(28-38)62-44-16-25-70-33-50(44)72-53-47(62)27-37-15-21-56-51(37)58-53)52(64)59-73(68,69)39-10-12-43(46(29-39)63(66)67)57-31-36-13-17-54(4,65)18-14-36/h5-12,15,21,27-29,34-36,44,48-50,57,65H,13-14,16-20,22-26,30-33H2,1-4H3,(H,56,58)(H,59,64)/t35-,36-,44-,48+,49-,50-,54-/m0/s1. The fourth-order valence-corrected chi connectivity index (χ4v) is 13.9. The molecule has 6 heterocycles. The Morgan fingerprint density at radius 1 is 0.945 bits per heavy atom. The summed E-state index contributed by atoms with van der Waals surface area (Å²) in [6.45, 7) is 14.0. The first-order valence-electron chi connectivity index (χ1n) is 26.2. The average molecular weight is 1020 g/mol. The number of piperidine rings is 1. The van der Waals surface area contributed by atoms with Gasteiger partial charge in [-0.1, -0.05) is 45.0 Å². The van der Waals surface area contributed by atoms with E-state index in [1.165, 1.54) is 23.3 Å². The summed E-state index contributed by atoms with van der Waals surface area (Å²) < 4.78 is 49.3. The predicted octanol–water partition coefficient (Wildman–Crippen LogP) is 8.82. The number of fused-ring (bicyclic) bond motifs is 3. The number of benzene rings is 3. The minimum absolute atomic E-state index is 0.113. The number of anilines is 4. The van der Waals surface area contributed by atoms with Crippen molar-refractivity contribution in [2.45, 2.75) is 120 Å². The molecular formula is C55H68N8O9S. The zero-order valence-corrected chi connectivity index (χ0v) is 43.0. The van der Waals surface area contributed by atoms with Gasteiger partial charge in [-0.15, -0.1) is 0 Å². The van der Waals surface area contributed by atoms with Gasteiger partial charge >= 0.3 is 0 Å². The second-order valence-corrected chi connectivity index (χ2v) is 23.8. The van der Waals surface area contributed by atoms with Crippen molar-refractivity contribution in [3.63, 3.8) is 0 Å². The number of rotatable bonds is 12. The van der Waals surface area contributed by atoms with Crippen molar-refractivity contribution in [3.05, 3.63) is 106 Å². The number of amides is 1. The Balaban J connectivity index is 0.873. The van der Waals surface area contributed by atoms with Gasteiger partial charge in [0.25, 0.3) is 21.6 Å². The van der Waals surface area contributed by atoms with Crippen molar-refractivity contribution < 1.29 is 37.5 Å². The van der Waals surface area contributed by atoms with Gasteiger partial charge in [-0.25, -0.2) is 13.1 Å². The van der Waals surface area contributed by atoms with E-state index < -0.39 is 43.1 Å². The molecule has 3 aromatic carbocycles. The van der Waals surface area contributed by atoms with Gasteiger partial charge in [0.2, 0.25) is 5.88 Å². The lowest BCUT2D eigenvalue weighted by atomic mass is 9.53.